The lowest BCUT2D eigenvalue weighted by molar-refractivity contribution is -0.139. The van der Waals surface area contributed by atoms with E-state index in [4.69, 9.17) is 11.6 Å². The molecule has 1 N–H and O–H groups in total. The topological polar surface area (TPSA) is 49.4 Å². The molecular weight excluding hydrogens is 488 g/mol. The van der Waals surface area contributed by atoms with E-state index in [9.17, 15) is 9.59 Å². The van der Waals surface area contributed by atoms with Gasteiger partial charge >= 0.3 is 0 Å². The fourth-order valence-corrected chi connectivity index (χ4v) is 4.80. The first-order chi connectivity index (χ1) is 17.4. The first-order valence-corrected chi connectivity index (χ1v) is 13.9. The highest BCUT2D eigenvalue weighted by Gasteiger charge is 2.30. The van der Waals surface area contributed by atoms with E-state index in [-0.39, 0.29) is 23.6 Å². The third-order valence-electron chi connectivity index (χ3n) is 6.15. The quantitative estimate of drug-likeness (QED) is 0.298. The van der Waals surface area contributed by atoms with Crippen molar-refractivity contribution in [3.05, 3.63) is 106 Å². The van der Waals surface area contributed by atoms with Gasteiger partial charge in [-0.05, 0) is 49.1 Å². The second-order valence-electron chi connectivity index (χ2n) is 9.15. The first-order valence-electron chi connectivity index (χ1n) is 12.4. The molecule has 0 radical (unpaired) electrons. The number of amides is 2. The Morgan fingerprint density at radius 3 is 2.19 bits per heavy atom. The summed E-state index contributed by atoms with van der Waals surface area (Å²) in [6, 6.07) is 25.1. The highest BCUT2D eigenvalue weighted by molar-refractivity contribution is 7.99. The van der Waals surface area contributed by atoms with E-state index in [0.717, 1.165) is 28.7 Å². The van der Waals surface area contributed by atoms with Crippen LogP contribution in [0.2, 0.25) is 5.02 Å². The van der Waals surface area contributed by atoms with Gasteiger partial charge < -0.3 is 10.2 Å². The number of aryl methyl sites for hydroxylation is 1. The van der Waals surface area contributed by atoms with Crippen LogP contribution in [0.15, 0.2) is 78.9 Å². The summed E-state index contributed by atoms with van der Waals surface area (Å²) < 4.78 is 0. The maximum Gasteiger partial charge on any atom is 0.243 e. The zero-order valence-electron chi connectivity index (χ0n) is 21.2. The van der Waals surface area contributed by atoms with Crippen LogP contribution < -0.4 is 5.32 Å². The summed E-state index contributed by atoms with van der Waals surface area (Å²) in [6.45, 7) is 6.45. The molecule has 36 heavy (non-hydrogen) atoms. The zero-order valence-corrected chi connectivity index (χ0v) is 22.8. The lowest BCUT2D eigenvalue weighted by atomic mass is 10.0. The molecule has 6 heteroatoms. The molecule has 0 heterocycles. The van der Waals surface area contributed by atoms with E-state index in [0.29, 0.717) is 23.7 Å². The largest absolute Gasteiger partial charge is 0.352 e. The molecule has 0 aliphatic carbocycles. The van der Waals surface area contributed by atoms with Gasteiger partial charge in [-0.1, -0.05) is 90.8 Å². The Labute approximate surface area is 224 Å². The SMILES string of the molecule is CC[C@H](C)NC(=O)[C@H](Cc1ccccc1)N(Cc1ccc(C)cc1)C(=O)CSCc1ccc(Cl)cc1. The number of rotatable bonds is 12. The highest BCUT2D eigenvalue weighted by Crippen LogP contribution is 2.20. The Hall–Kier alpha value is -2.76. The number of thioether (sulfide) groups is 1. The predicted octanol–water partition coefficient (Wildman–Crippen LogP) is 6.44. The average molecular weight is 523 g/mol. The molecule has 0 saturated heterocycles. The van der Waals surface area contributed by atoms with Crippen LogP contribution in [0.3, 0.4) is 0 Å². The number of benzene rings is 3. The fraction of sp³-hybridized carbons (Fsp3) is 0.333. The molecule has 0 saturated carbocycles. The van der Waals surface area contributed by atoms with Gasteiger partial charge in [0.15, 0.2) is 0 Å². The predicted molar refractivity (Wildman–Crippen MR) is 151 cm³/mol. The van der Waals surface area contributed by atoms with Crippen molar-refractivity contribution in [2.24, 2.45) is 0 Å². The van der Waals surface area contributed by atoms with E-state index >= 15 is 0 Å². The van der Waals surface area contributed by atoms with Crippen LogP contribution in [0.4, 0.5) is 0 Å². The van der Waals surface area contributed by atoms with E-state index < -0.39 is 6.04 Å². The van der Waals surface area contributed by atoms with E-state index in [1.807, 2.05) is 99.6 Å². The molecule has 3 aromatic carbocycles. The molecule has 3 rings (SSSR count). The molecule has 2 amide bonds. The number of carbonyl (C=O) groups excluding carboxylic acids is 2. The Kier molecular flexibility index (Phi) is 10.9. The molecule has 0 aliphatic rings. The van der Waals surface area contributed by atoms with Gasteiger partial charge in [-0.15, -0.1) is 11.8 Å². The van der Waals surface area contributed by atoms with Gasteiger partial charge in [0, 0.05) is 29.8 Å². The van der Waals surface area contributed by atoms with Crippen molar-refractivity contribution < 1.29 is 9.59 Å². The van der Waals surface area contributed by atoms with Gasteiger partial charge in [0.05, 0.1) is 5.75 Å². The van der Waals surface area contributed by atoms with E-state index in [1.54, 1.807) is 16.7 Å². The van der Waals surface area contributed by atoms with Crippen molar-refractivity contribution in [3.8, 4) is 0 Å². The van der Waals surface area contributed by atoms with Crippen LogP contribution in [0.25, 0.3) is 0 Å². The molecule has 0 bridgehead atoms. The molecule has 0 spiro atoms. The summed E-state index contributed by atoms with van der Waals surface area (Å²) in [4.78, 5) is 28.9. The Morgan fingerprint density at radius 1 is 0.917 bits per heavy atom. The Bertz CT molecular complexity index is 1100. The van der Waals surface area contributed by atoms with Crippen LogP contribution in [0.1, 0.15) is 42.5 Å². The molecule has 3 aromatic rings. The van der Waals surface area contributed by atoms with Gasteiger partial charge in [-0.3, -0.25) is 9.59 Å². The first kappa shape index (κ1) is 27.8. The zero-order chi connectivity index (χ0) is 25.9. The Morgan fingerprint density at radius 2 is 1.56 bits per heavy atom. The number of carbonyl (C=O) groups is 2. The summed E-state index contributed by atoms with van der Waals surface area (Å²) in [7, 11) is 0. The second-order valence-corrected chi connectivity index (χ2v) is 10.6. The molecule has 0 aliphatic heterocycles. The minimum atomic E-state index is -0.605. The van der Waals surface area contributed by atoms with Crippen molar-refractivity contribution in [3.63, 3.8) is 0 Å². The average Bonchev–Trinajstić information content (AvgIpc) is 2.88. The molecule has 2 atom stereocenters. The number of nitrogens with one attached hydrogen (secondary N) is 1. The minimum absolute atomic E-state index is 0.0337. The summed E-state index contributed by atoms with van der Waals surface area (Å²) in [5.74, 6) is 0.825. The highest BCUT2D eigenvalue weighted by atomic mass is 35.5. The van der Waals surface area contributed by atoms with Gasteiger partial charge in [-0.25, -0.2) is 0 Å². The third-order valence-corrected chi connectivity index (χ3v) is 7.39. The molecular formula is C30H35ClN2O2S. The maximum atomic E-state index is 13.7. The summed E-state index contributed by atoms with van der Waals surface area (Å²) in [5.41, 5.74) is 4.30. The number of nitrogens with zero attached hydrogens (tertiary/aromatic N) is 1. The van der Waals surface area contributed by atoms with Gasteiger partial charge in [0.2, 0.25) is 11.8 Å². The number of hydrogen-bond donors (Lipinski definition) is 1. The maximum absolute atomic E-state index is 13.7. The summed E-state index contributed by atoms with van der Waals surface area (Å²) in [5, 5.41) is 3.81. The van der Waals surface area contributed by atoms with E-state index in [1.165, 1.54) is 0 Å². The van der Waals surface area contributed by atoms with Crippen LogP contribution in [-0.4, -0.2) is 34.6 Å². The van der Waals surface area contributed by atoms with Crippen molar-refractivity contribution >= 4 is 35.2 Å². The lowest BCUT2D eigenvalue weighted by Gasteiger charge is -2.32. The van der Waals surface area contributed by atoms with Gasteiger partial charge in [0.25, 0.3) is 0 Å². The summed E-state index contributed by atoms with van der Waals surface area (Å²) >= 11 is 7.55. The van der Waals surface area contributed by atoms with E-state index in [2.05, 4.69) is 5.32 Å². The standard InChI is InChI=1S/C30H35ClN2O2S/c1-4-23(3)32-30(35)28(18-24-8-6-5-7-9-24)33(19-25-12-10-22(2)11-13-25)29(34)21-36-20-26-14-16-27(31)17-15-26/h5-17,23,28H,4,18-21H2,1-3H3,(H,32,35)/t23-,28-/m0/s1. The molecule has 0 fully saturated rings. The fourth-order valence-electron chi connectivity index (χ4n) is 3.80. The number of hydrogen-bond acceptors (Lipinski definition) is 3. The molecule has 0 unspecified atom stereocenters. The van der Waals surface area contributed by atoms with Crippen LogP contribution in [0, 0.1) is 6.92 Å². The summed E-state index contributed by atoms with van der Waals surface area (Å²) in [6.07, 6.45) is 1.29. The second kappa shape index (κ2) is 14.1. The minimum Gasteiger partial charge on any atom is -0.352 e. The van der Waals surface area contributed by atoms with Crippen LogP contribution in [-0.2, 0) is 28.3 Å². The van der Waals surface area contributed by atoms with Crippen molar-refractivity contribution in [2.75, 3.05) is 5.75 Å². The third kappa shape index (κ3) is 8.72. The molecule has 4 nitrogen and oxygen atoms in total. The molecule has 190 valence electrons. The monoisotopic (exact) mass is 522 g/mol. The van der Waals surface area contributed by atoms with Gasteiger partial charge in [-0.2, -0.15) is 0 Å². The van der Waals surface area contributed by atoms with Crippen molar-refractivity contribution in [1.82, 2.24) is 10.2 Å². The smallest absolute Gasteiger partial charge is 0.243 e. The van der Waals surface area contributed by atoms with Gasteiger partial charge in [0.1, 0.15) is 6.04 Å². The van der Waals surface area contributed by atoms with Crippen molar-refractivity contribution in [2.45, 2.75) is 58.0 Å². The number of halogens is 1. The van der Waals surface area contributed by atoms with Crippen molar-refractivity contribution in [1.29, 1.82) is 0 Å². The Balaban J connectivity index is 1.84. The molecule has 0 aromatic heterocycles. The van der Waals surface area contributed by atoms with Crippen LogP contribution in [0.5, 0.6) is 0 Å². The van der Waals surface area contributed by atoms with Crippen LogP contribution >= 0.6 is 23.4 Å². The lowest BCUT2D eigenvalue weighted by Crippen LogP contribution is -2.52. The normalized spacial score (nSPS) is 12.6.